The van der Waals surface area contributed by atoms with E-state index in [0.717, 1.165) is 0 Å². The van der Waals surface area contributed by atoms with Crippen LogP contribution in [0, 0.1) is 0 Å². The molecule has 0 spiro atoms. The van der Waals surface area contributed by atoms with Crippen molar-refractivity contribution in [3.8, 4) is 0 Å². The Hall–Kier alpha value is -0.0126. The molecule has 5 heteroatoms. The van der Waals surface area contributed by atoms with Crippen molar-refractivity contribution in [3.63, 3.8) is 0 Å². The second-order valence-electron chi connectivity index (χ2n) is 1.86. The number of carbonyl (C=O) groups is 1. The molecule has 1 saturated heterocycles. The maximum Gasteiger partial charge on any atom is 0.329 e. The van der Waals surface area contributed by atoms with E-state index in [0.29, 0.717) is 13.2 Å². The van der Waals surface area contributed by atoms with Crippen LogP contribution in [0.4, 0.5) is 0 Å². The van der Waals surface area contributed by atoms with E-state index < -0.39 is 5.97 Å². The first kappa shape index (κ1) is 9.99. The van der Waals surface area contributed by atoms with Gasteiger partial charge in [-0.05, 0) is 0 Å². The predicted octanol–water partition coefficient (Wildman–Crippen LogP) is -0.894. The average Bonchev–Trinajstić information content (AvgIpc) is 1.60. The van der Waals surface area contributed by atoms with E-state index >= 15 is 0 Å². The zero-order chi connectivity index (χ0) is 6.69. The summed E-state index contributed by atoms with van der Waals surface area (Å²) in [7, 11) is 0. The van der Waals surface area contributed by atoms with E-state index in [1.807, 2.05) is 0 Å². The molecule has 1 radical (unpaired) electrons. The first-order valence-corrected chi connectivity index (χ1v) is 2.70. The van der Waals surface area contributed by atoms with Crippen molar-refractivity contribution in [2.75, 3.05) is 19.8 Å². The SMILES string of the molecule is O=C(O)COC1COC1.[Li]. The van der Waals surface area contributed by atoms with Gasteiger partial charge in [0.15, 0.2) is 0 Å². The summed E-state index contributed by atoms with van der Waals surface area (Å²) >= 11 is 0. The molecule has 0 amide bonds. The molecule has 1 heterocycles. The Morgan fingerprint density at radius 2 is 2.30 bits per heavy atom. The van der Waals surface area contributed by atoms with Gasteiger partial charge in [0.05, 0.1) is 13.2 Å². The molecule has 0 unspecified atom stereocenters. The van der Waals surface area contributed by atoms with Gasteiger partial charge in [-0.3, -0.25) is 0 Å². The van der Waals surface area contributed by atoms with Gasteiger partial charge in [0.1, 0.15) is 12.7 Å². The molecule has 4 nitrogen and oxygen atoms in total. The third kappa shape index (κ3) is 3.23. The van der Waals surface area contributed by atoms with Gasteiger partial charge in [-0.1, -0.05) is 0 Å². The molecule has 1 fully saturated rings. The van der Waals surface area contributed by atoms with Crippen molar-refractivity contribution in [3.05, 3.63) is 0 Å². The second kappa shape index (κ2) is 4.75. The molecule has 1 aliphatic heterocycles. The molecule has 0 aromatic heterocycles. The fourth-order valence-corrected chi connectivity index (χ4v) is 0.499. The fourth-order valence-electron chi connectivity index (χ4n) is 0.499. The second-order valence-corrected chi connectivity index (χ2v) is 1.86. The number of hydrogen-bond acceptors (Lipinski definition) is 3. The minimum atomic E-state index is -0.929. The molecule has 0 bridgehead atoms. The fraction of sp³-hybridized carbons (Fsp3) is 0.800. The molecule has 53 valence electrons. The summed E-state index contributed by atoms with van der Waals surface area (Å²) in [6.45, 7) is 0.856. The monoisotopic (exact) mass is 139 g/mol. The van der Waals surface area contributed by atoms with Crippen molar-refractivity contribution in [1.29, 1.82) is 0 Å². The molecule has 1 N–H and O–H groups in total. The Morgan fingerprint density at radius 3 is 2.60 bits per heavy atom. The number of carboxylic acids is 1. The van der Waals surface area contributed by atoms with Gasteiger partial charge in [-0.15, -0.1) is 0 Å². The number of carboxylic acid groups (broad SMARTS) is 1. The van der Waals surface area contributed by atoms with Crippen LogP contribution in [0.25, 0.3) is 0 Å². The van der Waals surface area contributed by atoms with Gasteiger partial charge in [-0.25, -0.2) is 4.79 Å². The zero-order valence-electron chi connectivity index (χ0n) is 5.87. The standard InChI is InChI=1S/C5H8O4.Li/c6-5(7)3-9-4-1-8-2-4;/h4H,1-3H2,(H,6,7);. The van der Waals surface area contributed by atoms with Gasteiger partial charge in [-0.2, -0.15) is 0 Å². The van der Waals surface area contributed by atoms with Gasteiger partial charge in [0.25, 0.3) is 0 Å². The molecule has 0 atom stereocenters. The summed E-state index contributed by atoms with van der Waals surface area (Å²) in [5.41, 5.74) is 0. The van der Waals surface area contributed by atoms with Crippen LogP contribution in [0.3, 0.4) is 0 Å². The van der Waals surface area contributed by atoms with Crippen molar-refractivity contribution in [2.24, 2.45) is 0 Å². The number of rotatable bonds is 3. The van der Waals surface area contributed by atoms with Crippen LogP contribution in [0.2, 0.25) is 0 Å². The van der Waals surface area contributed by atoms with E-state index in [1.54, 1.807) is 0 Å². The Morgan fingerprint density at radius 1 is 1.70 bits per heavy atom. The molecule has 0 saturated carbocycles. The molecule has 10 heavy (non-hydrogen) atoms. The molecule has 1 rings (SSSR count). The summed E-state index contributed by atoms with van der Waals surface area (Å²) in [6, 6.07) is 0. The van der Waals surface area contributed by atoms with Crippen molar-refractivity contribution in [2.45, 2.75) is 6.10 Å². The van der Waals surface area contributed by atoms with E-state index in [9.17, 15) is 4.79 Å². The van der Waals surface area contributed by atoms with Crippen LogP contribution in [-0.2, 0) is 14.3 Å². The number of hydrogen-bond donors (Lipinski definition) is 1. The summed E-state index contributed by atoms with van der Waals surface area (Å²) in [4.78, 5) is 9.88. The topological polar surface area (TPSA) is 55.8 Å². The Labute approximate surface area is 70.7 Å². The Bertz CT molecular complexity index is 112. The van der Waals surface area contributed by atoms with E-state index in [1.165, 1.54) is 0 Å². The third-order valence-corrected chi connectivity index (χ3v) is 1.05. The van der Waals surface area contributed by atoms with Gasteiger partial charge >= 0.3 is 5.97 Å². The molecule has 0 aromatic rings. The van der Waals surface area contributed by atoms with E-state index in [2.05, 4.69) is 0 Å². The Balaban J connectivity index is 0.000000810. The maximum atomic E-state index is 9.88. The minimum absolute atomic E-state index is 0. The normalized spacial score (nSPS) is 17.2. The minimum Gasteiger partial charge on any atom is -0.480 e. The number of aliphatic carboxylic acids is 1. The molecule has 1 aliphatic rings. The quantitative estimate of drug-likeness (QED) is 0.515. The zero-order valence-corrected chi connectivity index (χ0v) is 5.87. The van der Waals surface area contributed by atoms with Crippen LogP contribution in [-0.4, -0.2) is 55.9 Å². The van der Waals surface area contributed by atoms with Crippen LogP contribution < -0.4 is 0 Å². The van der Waals surface area contributed by atoms with Crippen LogP contribution >= 0.6 is 0 Å². The first-order chi connectivity index (χ1) is 4.29. The Kier molecular flexibility index (Phi) is 4.74. The van der Waals surface area contributed by atoms with Crippen molar-refractivity contribution >= 4 is 24.8 Å². The largest absolute Gasteiger partial charge is 0.480 e. The summed E-state index contributed by atoms with van der Waals surface area (Å²) < 4.78 is 9.56. The molecule has 0 aromatic carbocycles. The van der Waals surface area contributed by atoms with Crippen molar-refractivity contribution in [1.82, 2.24) is 0 Å². The van der Waals surface area contributed by atoms with Crippen LogP contribution in [0.5, 0.6) is 0 Å². The summed E-state index contributed by atoms with van der Waals surface area (Å²) in [5.74, 6) is -0.929. The predicted molar refractivity (Wildman–Crippen MR) is 33.9 cm³/mol. The van der Waals surface area contributed by atoms with Crippen molar-refractivity contribution < 1.29 is 19.4 Å². The molecular weight excluding hydrogens is 131 g/mol. The van der Waals surface area contributed by atoms with Gasteiger partial charge in [0.2, 0.25) is 0 Å². The van der Waals surface area contributed by atoms with E-state index in [-0.39, 0.29) is 31.6 Å². The third-order valence-electron chi connectivity index (χ3n) is 1.05. The van der Waals surface area contributed by atoms with Gasteiger partial charge < -0.3 is 14.6 Å². The maximum absolute atomic E-state index is 9.88. The van der Waals surface area contributed by atoms with Crippen LogP contribution in [0.15, 0.2) is 0 Å². The molecule has 0 aliphatic carbocycles. The van der Waals surface area contributed by atoms with Gasteiger partial charge in [0, 0.05) is 18.9 Å². The van der Waals surface area contributed by atoms with Crippen LogP contribution in [0.1, 0.15) is 0 Å². The molecular formula is C5H8LiO4. The summed E-state index contributed by atoms with van der Waals surface area (Å²) in [5, 5.41) is 8.12. The number of ether oxygens (including phenoxy) is 2. The first-order valence-electron chi connectivity index (χ1n) is 2.70. The average molecular weight is 139 g/mol. The smallest absolute Gasteiger partial charge is 0.329 e. The summed E-state index contributed by atoms with van der Waals surface area (Å²) in [6.07, 6.45) is 0.0149. The van der Waals surface area contributed by atoms with E-state index in [4.69, 9.17) is 14.6 Å².